The molecule has 3 atom stereocenters. The smallest absolute Gasteiger partial charge is 0.243 e. The summed E-state index contributed by atoms with van der Waals surface area (Å²) < 4.78 is 5.72. The summed E-state index contributed by atoms with van der Waals surface area (Å²) in [6.07, 6.45) is 0.887. The average molecular weight is 375 g/mol. The highest BCUT2D eigenvalue weighted by Gasteiger charge is 2.58. The number of hydrogen-bond acceptors (Lipinski definition) is 3. The first-order chi connectivity index (χ1) is 12.6. The first kappa shape index (κ1) is 21.2. The van der Waals surface area contributed by atoms with Crippen molar-refractivity contribution in [3.8, 4) is 0 Å². The van der Waals surface area contributed by atoms with E-state index in [1.54, 1.807) is 26.1 Å². The number of carbonyl (C=O) groups excluding carboxylic acids is 1. The molecule has 0 aromatic heterocycles. The number of methoxy groups -OCH3 is 1. The van der Waals surface area contributed by atoms with Gasteiger partial charge in [-0.3, -0.25) is 4.79 Å². The first-order valence-corrected chi connectivity index (χ1v) is 9.48. The maximum atomic E-state index is 12.0. The number of carbonyl (C=O) groups is 1. The van der Waals surface area contributed by atoms with Gasteiger partial charge in [-0.15, -0.1) is 0 Å². The highest BCUT2D eigenvalue weighted by atomic mass is 16.5. The second kappa shape index (κ2) is 8.30. The van der Waals surface area contributed by atoms with Gasteiger partial charge < -0.3 is 20.3 Å². The molecule has 1 aliphatic rings. The third-order valence-corrected chi connectivity index (χ3v) is 6.11. The molecular formula is C21H34N4O2. The Morgan fingerprint density at radius 1 is 1.30 bits per heavy atom. The summed E-state index contributed by atoms with van der Waals surface area (Å²) in [5.74, 6) is 0.621. The molecule has 6 nitrogen and oxygen atoms in total. The van der Waals surface area contributed by atoms with E-state index in [0.717, 1.165) is 6.42 Å². The highest BCUT2D eigenvalue weighted by molar-refractivity contribution is 5.85. The van der Waals surface area contributed by atoms with Crippen LogP contribution >= 0.6 is 0 Å². The molecular weight excluding hydrogens is 340 g/mol. The molecule has 1 aliphatic carbocycles. The van der Waals surface area contributed by atoms with Crippen molar-refractivity contribution in [3.05, 3.63) is 35.9 Å². The monoisotopic (exact) mass is 374 g/mol. The Hall–Kier alpha value is -2.08. The molecule has 6 heteroatoms. The molecule has 150 valence electrons. The van der Waals surface area contributed by atoms with Crippen LogP contribution in [0.2, 0.25) is 0 Å². The third kappa shape index (κ3) is 4.61. The van der Waals surface area contributed by atoms with Crippen LogP contribution in [0, 0.1) is 5.41 Å². The van der Waals surface area contributed by atoms with Gasteiger partial charge in [0, 0.05) is 32.7 Å². The Balaban J connectivity index is 2.13. The van der Waals surface area contributed by atoms with Gasteiger partial charge in [0.2, 0.25) is 5.91 Å². The zero-order valence-electron chi connectivity index (χ0n) is 17.7. The number of hydrogen-bond donors (Lipinski definition) is 2. The maximum Gasteiger partial charge on any atom is 0.243 e. The summed E-state index contributed by atoms with van der Waals surface area (Å²) in [5, 5.41) is 6.95. The van der Waals surface area contributed by atoms with Gasteiger partial charge in [0.1, 0.15) is 6.54 Å². The zero-order chi connectivity index (χ0) is 20.2. The summed E-state index contributed by atoms with van der Waals surface area (Å²) >= 11 is 0. The maximum absolute atomic E-state index is 12.0. The van der Waals surface area contributed by atoms with Gasteiger partial charge in [-0.25, -0.2) is 4.99 Å². The lowest BCUT2D eigenvalue weighted by molar-refractivity contribution is -0.176. The van der Waals surface area contributed by atoms with Gasteiger partial charge in [-0.1, -0.05) is 44.2 Å². The summed E-state index contributed by atoms with van der Waals surface area (Å²) in [6.45, 7) is 8.73. The van der Waals surface area contributed by atoms with Gasteiger partial charge >= 0.3 is 0 Å². The number of aliphatic imine (C=N–C) groups is 1. The fraction of sp³-hybridized carbons (Fsp3) is 0.619. The standard InChI is InChI=1S/C21H34N4O2/c1-15(16-11-9-8-10-12-16)23-19(22-14-18(26)25(5)6)24-17-13-21(4,27-7)20(17,2)3/h8-12,15,17H,13-14H2,1-7H3,(H2,22,23,24). The molecule has 1 saturated carbocycles. The Morgan fingerprint density at radius 3 is 2.44 bits per heavy atom. The van der Waals surface area contributed by atoms with E-state index in [2.05, 4.69) is 55.5 Å². The first-order valence-electron chi connectivity index (χ1n) is 9.48. The minimum atomic E-state index is -0.166. The van der Waals surface area contributed by atoms with E-state index in [-0.39, 0.29) is 35.6 Å². The lowest BCUT2D eigenvalue weighted by atomic mass is 9.56. The summed E-state index contributed by atoms with van der Waals surface area (Å²) in [7, 11) is 5.24. The minimum Gasteiger partial charge on any atom is -0.378 e. The van der Waals surface area contributed by atoms with Crippen molar-refractivity contribution in [1.82, 2.24) is 15.5 Å². The number of guanidine groups is 1. The van der Waals surface area contributed by atoms with Crippen molar-refractivity contribution in [2.75, 3.05) is 27.7 Å². The van der Waals surface area contributed by atoms with Crippen LogP contribution in [0.3, 0.4) is 0 Å². The number of nitrogens with zero attached hydrogens (tertiary/aromatic N) is 2. The predicted molar refractivity (Wildman–Crippen MR) is 110 cm³/mol. The topological polar surface area (TPSA) is 66.0 Å². The van der Waals surface area contributed by atoms with Gasteiger partial charge in [-0.2, -0.15) is 0 Å². The molecule has 27 heavy (non-hydrogen) atoms. The Labute approximate surface area is 163 Å². The second-order valence-corrected chi connectivity index (χ2v) is 8.29. The number of ether oxygens (including phenoxy) is 1. The Bertz CT molecular complexity index is 672. The van der Waals surface area contributed by atoms with E-state index >= 15 is 0 Å². The summed E-state index contributed by atoms with van der Waals surface area (Å²) in [4.78, 5) is 18.1. The van der Waals surface area contributed by atoms with E-state index in [0.29, 0.717) is 5.96 Å². The zero-order valence-corrected chi connectivity index (χ0v) is 17.7. The Morgan fingerprint density at radius 2 is 1.93 bits per heavy atom. The molecule has 3 unspecified atom stereocenters. The van der Waals surface area contributed by atoms with Crippen LogP contribution in [0.1, 0.15) is 45.7 Å². The van der Waals surface area contributed by atoms with Crippen molar-refractivity contribution in [2.24, 2.45) is 10.4 Å². The van der Waals surface area contributed by atoms with Crippen molar-refractivity contribution in [3.63, 3.8) is 0 Å². The van der Waals surface area contributed by atoms with Crippen LogP contribution in [0.4, 0.5) is 0 Å². The summed E-state index contributed by atoms with van der Waals surface area (Å²) in [5.41, 5.74) is 0.951. The molecule has 0 radical (unpaired) electrons. The van der Waals surface area contributed by atoms with Crippen LogP contribution < -0.4 is 10.6 Å². The molecule has 1 aromatic carbocycles. The van der Waals surface area contributed by atoms with Gasteiger partial charge in [0.05, 0.1) is 11.6 Å². The van der Waals surface area contributed by atoms with Crippen LogP contribution in [0.5, 0.6) is 0 Å². The normalized spacial score (nSPS) is 25.3. The van der Waals surface area contributed by atoms with Crippen molar-refractivity contribution >= 4 is 11.9 Å². The van der Waals surface area contributed by atoms with E-state index in [1.807, 2.05) is 18.2 Å². The molecule has 0 aliphatic heterocycles. The highest BCUT2D eigenvalue weighted by Crippen LogP contribution is 2.51. The summed E-state index contributed by atoms with van der Waals surface area (Å²) in [6, 6.07) is 10.5. The van der Waals surface area contributed by atoms with Crippen LogP contribution in [-0.2, 0) is 9.53 Å². The van der Waals surface area contributed by atoms with Crippen molar-refractivity contribution < 1.29 is 9.53 Å². The third-order valence-electron chi connectivity index (χ3n) is 6.11. The van der Waals surface area contributed by atoms with Crippen molar-refractivity contribution in [1.29, 1.82) is 0 Å². The molecule has 1 aromatic rings. The molecule has 1 amide bonds. The number of benzene rings is 1. The largest absolute Gasteiger partial charge is 0.378 e. The number of nitrogens with one attached hydrogen (secondary N) is 2. The lowest BCUT2D eigenvalue weighted by Gasteiger charge is -2.59. The predicted octanol–water partition coefficient (Wildman–Crippen LogP) is 2.57. The molecule has 0 heterocycles. The fourth-order valence-electron chi connectivity index (χ4n) is 3.34. The van der Waals surface area contributed by atoms with Crippen LogP contribution in [0.15, 0.2) is 35.3 Å². The van der Waals surface area contributed by atoms with Gasteiger partial charge in [0.15, 0.2) is 5.96 Å². The van der Waals surface area contributed by atoms with E-state index in [9.17, 15) is 4.79 Å². The van der Waals surface area contributed by atoms with E-state index in [4.69, 9.17) is 4.74 Å². The van der Waals surface area contributed by atoms with Gasteiger partial charge in [0.25, 0.3) is 0 Å². The molecule has 0 spiro atoms. The molecule has 1 fully saturated rings. The van der Waals surface area contributed by atoms with Gasteiger partial charge in [-0.05, 0) is 25.8 Å². The molecule has 0 saturated heterocycles. The van der Waals surface area contributed by atoms with E-state index < -0.39 is 0 Å². The van der Waals surface area contributed by atoms with E-state index in [1.165, 1.54) is 5.56 Å². The number of rotatable bonds is 6. The van der Waals surface area contributed by atoms with Crippen molar-refractivity contribution in [2.45, 2.75) is 51.8 Å². The number of amides is 1. The Kier molecular flexibility index (Phi) is 6.52. The fourth-order valence-corrected chi connectivity index (χ4v) is 3.34. The lowest BCUT2D eigenvalue weighted by Crippen LogP contribution is -2.69. The van der Waals surface area contributed by atoms with Crippen LogP contribution in [-0.4, -0.2) is 56.2 Å². The average Bonchev–Trinajstić information content (AvgIpc) is 2.65. The quantitative estimate of drug-likeness (QED) is 0.593. The molecule has 0 bridgehead atoms. The molecule has 2 rings (SSSR count). The number of likely N-dealkylation sites (N-methyl/N-ethyl adjacent to an activating group) is 1. The van der Waals surface area contributed by atoms with Crippen LogP contribution in [0.25, 0.3) is 0 Å². The minimum absolute atomic E-state index is 0.0296. The molecule has 2 N–H and O–H groups in total. The SMILES string of the molecule is COC1(C)CC(NC(=NCC(=O)N(C)C)NC(C)c2ccccc2)C1(C)C. The second-order valence-electron chi connectivity index (χ2n) is 8.29.